The summed E-state index contributed by atoms with van der Waals surface area (Å²) in [5.74, 6) is 0.505. The number of hydrogen-bond donors (Lipinski definition) is 0. The minimum atomic E-state index is -3.82. The zero-order chi connectivity index (χ0) is 22.0. The molecular formula is C23H24N2O4S2. The molecule has 0 spiro atoms. The summed E-state index contributed by atoms with van der Waals surface area (Å²) >= 11 is 1.60. The molecule has 1 amide bonds. The largest absolute Gasteiger partial charge is 0.497 e. The van der Waals surface area contributed by atoms with Gasteiger partial charge in [-0.3, -0.25) is 9.10 Å². The number of hydrogen-bond acceptors (Lipinski definition) is 5. The van der Waals surface area contributed by atoms with Gasteiger partial charge >= 0.3 is 0 Å². The summed E-state index contributed by atoms with van der Waals surface area (Å²) in [7, 11) is -0.769. The third kappa shape index (κ3) is 4.60. The fourth-order valence-electron chi connectivity index (χ4n) is 3.38. The number of ether oxygens (including phenoxy) is 1. The molecule has 6 nitrogen and oxygen atoms in total. The summed E-state index contributed by atoms with van der Waals surface area (Å²) in [6.45, 7) is 0.537. The summed E-state index contributed by atoms with van der Waals surface area (Å²) in [5.41, 5.74) is 1.98. The van der Waals surface area contributed by atoms with Gasteiger partial charge in [-0.15, -0.1) is 0 Å². The first kappa shape index (κ1) is 21.4. The van der Waals surface area contributed by atoms with Gasteiger partial charge in [-0.25, -0.2) is 8.42 Å². The highest BCUT2D eigenvalue weighted by Crippen LogP contribution is 2.31. The van der Waals surface area contributed by atoms with E-state index in [4.69, 9.17) is 4.74 Å². The molecule has 1 aromatic heterocycles. The van der Waals surface area contributed by atoms with Crippen LogP contribution in [0.2, 0.25) is 0 Å². The first-order valence-corrected chi connectivity index (χ1v) is 12.3. The highest BCUT2D eigenvalue weighted by atomic mass is 32.2. The van der Waals surface area contributed by atoms with Crippen LogP contribution >= 0.6 is 11.3 Å². The standard InChI is InChI=1S/C23H24N2O4S2/c1-24(19-8-10-21(29-2)11-9-19)31(27,28)22-5-3-4-18(14-22)23(26)25(20-6-7-20)15-17-12-13-30-16-17/h3-5,8-14,16,20H,6-7,15H2,1-2H3. The van der Waals surface area contributed by atoms with E-state index in [9.17, 15) is 13.2 Å². The van der Waals surface area contributed by atoms with Gasteiger partial charge in [-0.05, 0) is 77.7 Å². The minimum Gasteiger partial charge on any atom is -0.497 e. The molecule has 3 aromatic rings. The Morgan fingerprint density at radius 2 is 1.87 bits per heavy atom. The zero-order valence-corrected chi connectivity index (χ0v) is 19.0. The molecule has 0 radical (unpaired) electrons. The van der Waals surface area contributed by atoms with E-state index in [0.29, 0.717) is 23.5 Å². The third-order valence-electron chi connectivity index (χ3n) is 5.36. The minimum absolute atomic E-state index is 0.0861. The van der Waals surface area contributed by atoms with Crippen LogP contribution in [-0.4, -0.2) is 39.4 Å². The predicted molar refractivity (Wildman–Crippen MR) is 122 cm³/mol. The van der Waals surface area contributed by atoms with Crippen molar-refractivity contribution in [1.29, 1.82) is 0 Å². The molecule has 0 atom stereocenters. The fourth-order valence-corrected chi connectivity index (χ4v) is 5.28. The number of sulfonamides is 1. The smallest absolute Gasteiger partial charge is 0.264 e. The van der Waals surface area contributed by atoms with Gasteiger partial charge in [-0.1, -0.05) is 6.07 Å². The summed E-state index contributed by atoms with van der Waals surface area (Å²) in [4.78, 5) is 15.2. The van der Waals surface area contributed by atoms with E-state index in [1.54, 1.807) is 54.8 Å². The lowest BCUT2D eigenvalue weighted by atomic mass is 10.2. The van der Waals surface area contributed by atoms with E-state index in [0.717, 1.165) is 18.4 Å². The van der Waals surface area contributed by atoms with Crippen molar-refractivity contribution in [2.75, 3.05) is 18.5 Å². The third-order valence-corrected chi connectivity index (χ3v) is 7.87. The number of nitrogens with zero attached hydrogens (tertiary/aromatic N) is 2. The maximum atomic E-state index is 13.2. The quantitative estimate of drug-likeness (QED) is 0.504. The second-order valence-electron chi connectivity index (χ2n) is 7.49. The van der Waals surface area contributed by atoms with Gasteiger partial charge in [0.2, 0.25) is 0 Å². The monoisotopic (exact) mass is 456 g/mol. The van der Waals surface area contributed by atoms with Crippen LogP contribution in [0.1, 0.15) is 28.8 Å². The molecule has 4 rings (SSSR count). The summed E-state index contributed by atoms with van der Waals surface area (Å²) < 4.78 is 32.8. The predicted octanol–water partition coefficient (Wildman–Crippen LogP) is 4.39. The van der Waals surface area contributed by atoms with Gasteiger partial charge in [0, 0.05) is 25.2 Å². The Morgan fingerprint density at radius 1 is 1.13 bits per heavy atom. The molecule has 0 saturated heterocycles. The molecule has 1 heterocycles. The topological polar surface area (TPSA) is 66.9 Å². The van der Waals surface area contributed by atoms with Gasteiger partial charge in [0.25, 0.3) is 15.9 Å². The lowest BCUT2D eigenvalue weighted by Crippen LogP contribution is -2.33. The Bertz CT molecular complexity index is 1150. The molecule has 2 aromatic carbocycles. The first-order valence-electron chi connectivity index (χ1n) is 9.95. The number of carbonyl (C=O) groups is 1. The van der Waals surface area contributed by atoms with Crippen LogP contribution in [0, 0.1) is 0 Å². The van der Waals surface area contributed by atoms with Gasteiger partial charge in [0.1, 0.15) is 5.75 Å². The van der Waals surface area contributed by atoms with Crippen molar-refractivity contribution in [3.05, 3.63) is 76.5 Å². The number of thiophene rings is 1. The summed E-state index contributed by atoms with van der Waals surface area (Å²) in [5, 5.41) is 4.03. The van der Waals surface area contributed by atoms with E-state index >= 15 is 0 Å². The maximum absolute atomic E-state index is 13.2. The SMILES string of the molecule is COc1ccc(N(C)S(=O)(=O)c2cccc(C(=O)N(Cc3ccsc3)C3CC3)c2)cc1. The molecule has 1 aliphatic carbocycles. The van der Waals surface area contributed by atoms with Crippen molar-refractivity contribution in [3.8, 4) is 5.75 Å². The van der Waals surface area contributed by atoms with Gasteiger partial charge in [0.05, 0.1) is 17.7 Å². The number of anilines is 1. The molecule has 8 heteroatoms. The Hall–Kier alpha value is -2.84. The molecule has 31 heavy (non-hydrogen) atoms. The normalized spacial score (nSPS) is 13.6. The number of methoxy groups -OCH3 is 1. The zero-order valence-electron chi connectivity index (χ0n) is 17.4. The van der Waals surface area contributed by atoms with Crippen LogP contribution < -0.4 is 9.04 Å². The van der Waals surface area contributed by atoms with Crippen LogP contribution in [0.25, 0.3) is 0 Å². The number of carbonyl (C=O) groups excluding carboxylic acids is 1. The highest BCUT2D eigenvalue weighted by Gasteiger charge is 2.33. The molecule has 0 N–H and O–H groups in total. The molecule has 1 saturated carbocycles. The Labute approximate surface area is 186 Å². The molecular weight excluding hydrogens is 432 g/mol. The van der Waals surface area contributed by atoms with Crippen molar-refractivity contribution >= 4 is 33.0 Å². The van der Waals surface area contributed by atoms with Gasteiger partial charge in [-0.2, -0.15) is 11.3 Å². The van der Waals surface area contributed by atoms with E-state index in [2.05, 4.69) is 0 Å². The summed E-state index contributed by atoms with van der Waals surface area (Å²) in [6.07, 6.45) is 1.96. The van der Waals surface area contributed by atoms with Gasteiger partial charge < -0.3 is 9.64 Å². The highest BCUT2D eigenvalue weighted by molar-refractivity contribution is 7.92. The molecule has 0 unspecified atom stereocenters. The number of rotatable bonds is 8. The Morgan fingerprint density at radius 3 is 2.48 bits per heavy atom. The molecule has 1 fully saturated rings. The molecule has 0 aliphatic heterocycles. The average molecular weight is 457 g/mol. The van der Waals surface area contributed by atoms with Crippen molar-refractivity contribution in [3.63, 3.8) is 0 Å². The maximum Gasteiger partial charge on any atom is 0.264 e. The van der Waals surface area contributed by atoms with Crippen LogP contribution in [0.5, 0.6) is 5.75 Å². The first-order chi connectivity index (χ1) is 14.9. The second-order valence-corrected chi connectivity index (χ2v) is 10.2. The van der Waals surface area contributed by atoms with Crippen LogP contribution in [-0.2, 0) is 16.6 Å². The van der Waals surface area contributed by atoms with Crippen molar-refractivity contribution in [2.24, 2.45) is 0 Å². The van der Waals surface area contributed by atoms with E-state index in [1.165, 1.54) is 23.5 Å². The van der Waals surface area contributed by atoms with Crippen LogP contribution in [0.4, 0.5) is 5.69 Å². The Kier molecular flexibility index (Phi) is 6.02. The second kappa shape index (κ2) is 8.72. The molecule has 0 bridgehead atoms. The summed E-state index contributed by atoms with van der Waals surface area (Å²) in [6, 6.07) is 15.3. The van der Waals surface area contributed by atoms with Crippen molar-refractivity contribution in [1.82, 2.24) is 4.90 Å². The fraction of sp³-hybridized carbons (Fsp3) is 0.261. The van der Waals surface area contributed by atoms with E-state index in [-0.39, 0.29) is 16.8 Å². The molecule has 1 aliphatic rings. The van der Waals surface area contributed by atoms with Crippen molar-refractivity contribution in [2.45, 2.75) is 30.3 Å². The van der Waals surface area contributed by atoms with Crippen molar-refractivity contribution < 1.29 is 17.9 Å². The van der Waals surface area contributed by atoms with E-state index in [1.807, 2.05) is 21.7 Å². The van der Waals surface area contributed by atoms with Crippen LogP contribution in [0.15, 0.2) is 70.3 Å². The Balaban J connectivity index is 1.59. The lowest BCUT2D eigenvalue weighted by Gasteiger charge is -2.23. The number of amides is 1. The lowest BCUT2D eigenvalue weighted by molar-refractivity contribution is 0.0730. The van der Waals surface area contributed by atoms with E-state index < -0.39 is 10.0 Å². The van der Waals surface area contributed by atoms with Gasteiger partial charge in [0.15, 0.2) is 0 Å². The van der Waals surface area contributed by atoms with Crippen LogP contribution in [0.3, 0.4) is 0 Å². The number of benzene rings is 2. The molecule has 162 valence electrons. The average Bonchev–Trinajstić information content (AvgIpc) is 3.51.